The van der Waals surface area contributed by atoms with Crippen LogP contribution < -0.4 is 11.5 Å². The maximum Gasteiger partial charge on any atom is 0.0314 e. The van der Waals surface area contributed by atoms with Gasteiger partial charge in [0.1, 0.15) is 0 Å². The summed E-state index contributed by atoms with van der Waals surface area (Å²) in [5.74, 6) is 0. The molecular formula is C36H44N2. The van der Waals surface area contributed by atoms with Crippen LogP contribution in [-0.2, 0) is 18.3 Å². The molecule has 38 heavy (non-hydrogen) atoms. The lowest BCUT2D eigenvalue weighted by Crippen LogP contribution is -2.24. The molecule has 4 rings (SSSR count). The number of unbranched alkanes of at least 4 members (excludes halogenated alkanes) is 5. The smallest absolute Gasteiger partial charge is 0.0314 e. The number of benzene rings is 4. The molecule has 0 aromatic heterocycles. The number of nitrogen functional groups attached to an aromatic ring is 2. The Bertz CT molecular complexity index is 1150. The standard InChI is InChI=1S/C36H44N2/c1-3-4-5-6-7-8-25-36(2,32-17-9-28(10-18-32)26-30-13-21-34(37)22-14-30)33-19-11-29(12-20-33)27-31-15-23-35(38)24-16-31/h9-24H,3-8,25-27,37-38H2,1-2H3. The van der Waals surface area contributed by atoms with Crippen molar-refractivity contribution in [3.8, 4) is 0 Å². The van der Waals surface area contributed by atoms with Crippen molar-refractivity contribution in [3.63, 3.8) is 0 Å². The normalized spacial score (nSPS) is 11.5. The highest BCUT2D eigenvalue weighted by atomic mass is 14.5. The first-order chi connectivity index (χ1) is 18.5. The molecule has 0 amide bonds. The predicted octanol–water partition coefficient (Wildman–Crippen LogP) is 9.09. The number of hydrogen-bond donors (Lipinski definition) is 2. The fourth-order valence-electron chi connectivity index (χ4n) is 5.44. The van der Waals surface area contributed by atoms with E-state index in [4.69, 9.17) is 11.5 Å². The monoisotopic (exact) mass is 504 g/mol. The zero-order chi connectivity index (χ0) is 26.8. The molecule has 0 aliphatic heterocycles. The second-order valence-electron chi connectivity index (χ2n) is 11.1. The van der Waals surface area contributed by atoms with Crippen molar-refractivity contribution in [3.05, 3.63) is 130 Å². The van der Waals surface area contributed by atoms with Gasteiger partial charge in [0.2, 0.25) is 0 Å². The van der Waals surface area contributed by atoms with Crippen molar-refractivity contribution in [1.29, 1.82) is 0 Å². The van der Waals surface area contributed by atoms with Gasteiger partial charge in [0.05, 0.1) is 0 Å². The Kier molecular flexibility index (Phi) is 9.65. The molecule has 0 fully saturated rings. The first-order valence-electron chi connectivity index (χ1n) is 14.3. The minimum absolute atomic E-state index is 0.00971. The van der Waals surface area contributed by atoms with Crippen LogP contribution in [-0.4, -0.2) is 0 Å². The minimum Gasteiger partial charge on any atom is -0.399 e. The van der Waals surface area contributed by atoms with Gasteiger partial charge in [-0.1, -0.05) is 125 Å². The Labute approximate surface area is 230 Å². The van der Waals surface area contributed by atoms with E-state index < -0.39 is 0 Å². The van der Waals surface area contributed by atoms with E-state index in [2.05, 4.69) is 86.6 Å². The van der Waals surface area contributed by atoms with E-state index in [1.165, 1.54) is 71.9 Å². The first kappa shape index (κ1) is 27.5. The van der Waals surface area contributed by atoms with Crippen LogP contribution in [0.4, 0.5) is 11.4 Å². The van der Waals surface area contributed by atoms with Gasteiger partial charge in [-0.3, -0.25) is 0 Å². The van der Waals surface area contributed by atoms with Crippen molar-refractivity contribution in [2.24, 2.45) is 0 Å². The molecule has 4 aromatic carbocycles. The molecule has 0 heterocycles. The highest BCUT2D eigenvalue weighted by Gasteiger charge is 2.28. The van der Waals surface area contributed by atoms with Gasteiger partial charge in [0, 0.05) is 16.8 Å². The second kappa shape index (κ2) is 13.3. The van der Waals surface area contributed by atoms with Gasteiger partial charge < -0.3 is 11.5 Å². The van der Waals surface area contributed by atoms with E-state index in [0.29, 0.717) is 0 Å². The Morgan fingerprint density at radius 3 is 1.21 bits per heavy atom. The minimum atomic E-state index is -0.00971. The van der Waals surface area contributed by atoms with E-state index in [1.54, 1.807) is 0 Å². The fourth-order valence-corrected chi connectivity index (χ4v) is 5.44. The summed E-state index contributed by atoms with van der Waals surface area (Å²) >= 11 is 0. The van der Waals surface area contributed by atoms with Crippen LogP contribution >= 0.6 is 0 Å². The number of anilines is 2. The molecule has 4 N–H and O–H groups in total. The van der Waals surface area contributed by atoms with E-state index in [1.807, 2.05) is 24.3 Å². The zero-order valence-corrected chi connectivity index (χ0v) is 23.3. The number of hydrogen-bond acceptors (Lipinski definition) is 2. The van der Waals surface area contributed by atoms with Crippen molar-refractivity contribution in [2.75, 3.05) is 11.5 Å². The predicted molar refractivity (Wildman–Crippen MR) is 165 cm³/mol. The lowest BCUT2D eigenvalue weighted by molar-refractivity contribution is 0.472. The summed E-state index contributed by atoms with van der Waals surface area (Å²) in [6, 6.07) is 35.1. The number of nitrogens with two attached hydrogens (primary N) is 2. The van der Waals surface area contributed by atoms with Crippen LogP contribution in [0.1, 0.15) is 92.2 Å². The van der Waals surface area contributed by atoms with Crippen LogP contribution in [0.5, 0.6) is 0 Å². The van der Waals surface area contributed by atoms with E-state index >= 15 is 0 Å². The van der Waals surface area contributed by atoms with Crippen LogP contribution in [0.25, 0.3) is 0 Å². The van der Waals surface area contributed by atoms with Gasteiger partial charge in [-0.05, 0) is 76.9 Å². The molecule has 0 saturated heterocycles. The lowest BCUT2D eigenvalue weighted by atomic mass is 9.72. The lowest BCUT2D eigenvalue weighted by Gasteiger charge is -2.32. The van der Waals surface area contributed by atoms with Gasteiger partial charge in [0.25, 0.3) is 0 Å². The van der Waals surface area contributed by atoms with Gasteiger partial charge in [-0.2, -0.15) is 0 Å². The van der Waals surface area contributed by atoms with E-state index in [9.17, 15) is 0 Å². The topological polar surface area (TPSA) is 52.0 Å². The molecule has 0 bridgehead atoms. The average Bonchev–Trinajstić information content (AvgIpc) is 2.94. The Morgan fingerprint density at radius 1 is 0.474 bits per heavy atom. The van der Waals surface area contributed by atoms with Gasteiger partial charge in [-0.25, -0.2) is 0 Å². The molecule has 0 atom stereocenters. The van der Waals surface area contributed by atoms with Crippen molar-refractivity contribution in [2.45, 2.75) is 77.0 Å². The van der Waals surface area contributed by atoms with Crippen molar-refractivity contribution >= 4 is 11.4 Å². The Balaban J connectivity index is 1.51. The van der Waals surface area contributed by atoms with Crippen molar-refractivity contribution in [1.82, 2.24) is 0 Å². The molecule has 0 aliphatic rings. The Hall–Kier alpha value is -3.52. The molecule has 198 valence electrons. The van der Waals surface area contributed by atoms with Crippen LogP contribution in [0.15, 0.2) is 97.1 Å². The van der Waals surface area contributed by atoms with E-state index in [0.717, 1.165) is 30.6 Å². The summed E-state index contributed by atoms with van der Waals surface area (Å²) in [5, 5.41) is 0. The van der Waals surface area contributed by atoms with Crippen LogP contribution in [0, 0.1) is 0 Å². The second-order valence-corrected chi connectivity index (χ2v) is 11.1. The van der Waals surface area contributed by atoms with Crippen LogP contribution in [0.3, 0.4) is 0 Å². The zero-order valence-electron chi connectivity index (χ0n) is 23.3. The summed E-state index contributed by atoms with van der Waals surface area (Å²) in [4.78, 5) is 0. The van der Waals surface area contributed by atoms with E-state index in [-0.39, 0.29) is 5.41 Å². The fraction of sp³-hybridized carbons (Fsp3) is 0.333. The molecule has 0 unspecified atom stereocenters. The first-order valence-corrected chi connectivity index (χ1v) is 14.3. The Morgan fingerprint density at radius 2 is 0.816 bits per heavy atom. The molecule has 0 aliphatic carbocycles. The third-order valence-electron chi connectivity index (χ3n) is 7.99. The van der Waals surface area contributed by atoms with Crippen LogP contribution in [0.2, 0.25) is 0 Å². The summed E-state index contributed by atoms with van der Waals surface area (Å²) in [5.41, 5.74) is 21.4. The molecule has 4 aromatic rings. The van der Waals surface area contributed by atoms with Gasteiger partial charge in [-0.15, -0.1) is 0 Å². The summed E-state index contributed by atoms with van der Waals surface area (Å²) in [7, 11) is 0. The molecule has 2 nitrogen and oxygen atoms in total. The highest BCUT2D eigenvalue weighted by molar-refractivity contribution is 5.44. The quantitative estimate of drug-likeness (QED) is 0.141. The molecule has 0 saturated carbocycles. The maximum absolute atomic E-state index is 5.87. The summed E-state index contributed by atoms with van der Waals surface area (Å²) in [6.45, 7) is 4.72. The summed E-state index contributed by atoms with van der Waals surface area (Å²) in [6.07, 6.45) is 10.9. The van der Waals surface area contributed by atoms with Crippen molar-refractivity contribution < 1.29 is 0 Å². The molecular weight excluding hydrogens is 460 g/mol. The SMILES string of the molecule is CCCCCCCCC(C)(c1ccc(Cc2ccc(N)cc2)cc1)c1ccc(Cc2ccc(N)cc2)cc1. The van der Waals surface area contributed by atoms with Gasteiger partial charge in [0.15, 0.2) is 0 Å². The third kappa shape index (κ3) is 7.51. The molecule has 2 heteroatoms. The van der Waals surface area contributed by atoms with Gasteiger partial charge >= 0.3 is 0 Å². The maximum atomic E-state index is 5.87. The summed E-state index contributed by atoms with van der Waals surface area (Å²) < 4.78 is 0. The largest absolute Gasteiger partial charge is 0.399 e. The average molecular weight is 505 g/mol. The molecule has 0 spiro atoms. The highest BCUT2D eigenvalue weighted by Crippen LogP contribution is 2.38. The molecule has 0 radical (unpaired) electrons. The third-order valence-corrected chi connectivity index (χ3v) is 7.99. The number of rotatable bonds is 13.